The Balaban J connectivity index is 1.19. The van der Waals surface area contributed by atoms with Crippen molar-refractivity contribution in [2.24, 2.45) is 0 Å². The third-order valence-corrected chi connectivity index (χ3v) is 7.58. The van der Waals surface area contributed by atoms with E-state index in [9.17, 15) is 4.79 Å². The molecule has 0 N–H and O–H groups in total. The van der Waals surface area contributed by atoms with Crippen LogP contribution >= 0.6 is 0 Å². The second-order valence-electron chi connectivity index (χ2n) is 9.58. The summed E-state index contributed by atoms with van der Waals surface area (Å²) in [7, 11) is 0. The molecule has 3 heterocycles. The number of nitrogens with zero attached hydrogens (tertiary/aromatic N) is 2. The van der Waals surface area contributed by atoms with Gasteiger partial charge in [-0.15, -0.1) is 0 Å². The molecule has 35 heavy (non-hydrogen) atoms. The summed E-state index contributed by atoms with van der Waals surface area (Å²) in [5.41, 5.74) is 7.34. The van der Waals surface area contributed by atoms with Gasteiger partial charge in [-0.3, -0.25) is 4.90 Å². The minimum atomic E-state index is -0.193. The Labute approximate surface area is 206 Å². The standard InChI is InChI=1S/C30H30N2O3/c1-2-34-29-15-14-20(18-31-29)21-16-22-8-7-9-23(17-21)32(22)30(33)35-19-28-26-12-5-3-10-24(26)25-11-4-6-13-27(25)28/h3-6,10-16,18,22-23,28H,2,7-9,17,19H2,1H3. The van der Waals surface area contributed by atoms with Crippen molar-refractivity contribution in [1.29, 1.82) is 0 Å². The minimum absolute atomic E-state index is 0.0692. The number of fused-ring (bicyclic) bond motifs is 5. The van der Waals surface area contributed by atoms with Gasteiger partial charge in [0.2, 0.25) is 5.88 Å². The highest BCUT2D eigenvalue weighted by Gasteiger charge is 2.39. The third kappa shape index (κ3) is 3.99. The lowest BCUT2D eigenvalue weighted by Gasteiger charge is -2.44. The van der Waals surface area contributed by atoms with Crippen LogP contribution in [0.4, 0.5) is 4.79 Å². The fourth-order valence-electron chi connectivity index (χ4n) is 6.00. The Kier molecular flexibility index (Phi) is 5.77. The van der Waals surface area contributed by atoms with Crippen molar-refractivity contribution in [2.45, 2.75) is 50.6 Å². The summed E-state index contributed by atoms with van der Waals surface area (Å²) in [6, 6.07) is 21.1. The molecule has 2 atom stereocenters. The summed E-state index contributed by atoms with van der Waals surface area (Å²) >= 11 is 0. The topological polar surface area (TPSA) is 51.7 Å². The molecular weight excluding hydrogens is 436 g/mol. The number of piperidine rings is 1. The Morgan fingerprint density at radius 2 is 1.74 bits per heavy atom. The largest absolute Gasteiger partial charge is 0.478 e. The van der Waals surface area contributed by atoms with Crippen LogP contribution in [-0.2, 0) is 4.74 Å². The number of amides is 1. The molecule has 1 amide bonds. The van der Waals surface area contributed by atoms with E-state index < -0.39 is 0 Å². The molecule has 2 aliphatic heterocycles. The van der Waals surface area contributed by atoms with Gasteiger partial charge in [0.05, 0.1) is 12.6 Å². The molecule has 0 saturated carbocycles. The molecule has 5 nitrogen and oxygen atoms in total. The van der Waals surface area contributed by atoms with Crippen molar-refractivity contribution in [1.82, 2.24) is 9.88 Å². The van der Waals surface area contributed by atoms with Gasteiger partial charge < -0.3 is 9.47 Å². The lowest BCUT2D eigenvalue weighted by molar-refractivity contribution is 0.0539. The summed E-state index contributed by atoms with van der Waals surface area (Å²) < 4.78 is 11.5. The molecular formula is C30H30N2O3. The van der Waals surface area contributed by atoms with Gasteiger partial charge in [-0.25, -0.2) is 9.78 Å². The number of hydrogen-bond acceptors (Lipinski definition) is 4. The molecule has 2 bridgehead atoms. The minimum Gasteiger partial charge on any atom is -0.478 e. The molecule has 1 fully saturated rings. The molecule has 0 spiro atoms. The lowest BCUT2D eigenvalue weighted by atomic mass is 9.83. The first-order chi connectivity index (χ1) is 17.2. The number of hydrogen-bond donors (Lipinski definition) is 0. The Bertz CT molecular complexity index is 1220. The fraction of sp³-hybridized carbons (Fsp3) is 0.333. The Morgan fingerprint density at radius 3 is 2.40 bits per heavy atom. The SMILES string of the molecule is CCOc1ccc(C2=CC3CCCC(C2)N3C(=O)OCC2c3ccccc3-c3ccccc32)cn1. The smallest absolute Gasteiger partial charge is 0.410 e. The van der Waals surface area contributed by atoms with Crippen LogP contribution in [0.3, 0.4) is 0 Å². The second-order valence-corrected chi connectivity index (χ2v) is 9.58. The van der Waals surface area contributed by atoms with E-state index in [1.54, 1.807) is 0 Å². The van der Waals surface area contributed by atoms with Crippen LogP contribution in [0.15, 0.2) is 72.9 Å². The monoisotopic (exact) mass is 466 g/mol. The van der Waals surface area contributed by atoms with Crippen molar-refractivity contribution in [3.8, 4) is 17.0 Å². The number of carbonyl (C=O) groups is 1. The van der Waals surface area contributed by atoms with Crippen molar-refractivity contribution in [3.63, 3.8) is 0 Å². The van der Waals surface area contributed by atoms with E-state index in [-0.39, 0.29) is 24.1 Å². The summed E-state index contributed by atoms with van der Waals surface area (Å²) in [6.07, 6.45) is 7.87. The van der Waals surface area contributed by atoms with Gasteiger partial charge in [-0.05, 0) is 72.1 Å². The maximum Gasteiger partial charge on any atom is 0.410 e. The molecule has 1 saturated heterocycles. The highest BCUT2D eigenvalue weighted by molar-refractivity contribution is 5.79. The van der Waals surface area contributed by atoms with Crippen molar-refractivity contribution >= 4 is 11.7 Å². The van der Waals surface area contributed by atoms with E-state index in [1.807, 2.05) is 24.1 Å². The highest BCUT2D eigenvalue weighted by atomic mass is 16.6. The van der Waals surface area contributed by atoms with Crippen LogP contribution in [0, 0.1) is 0 Å². The molecule has 5 heteroatoms. The summed E-state index contributed by atoms with van der Waals surface area (Å²) in [5, 5.41) is 0. The zero-order chi connectivity index (χ0) is 23.8. The van der Waals surface area contributed by atoms with Crippen LogP contribution < -0.4 is 4.74 Å². The number of rotatable bonds is 5. The van der Waals surface area contributed by atoms with E-state index in [4.69, 9.17) is 9.47 Å². The summed E-state index contributed by atoms with van der Waals surface area (Å²) in [4.78, 5) is 19.8. The van der Waals surface area contributed by atoms with E-state index in [0.717, 1.165) is 31.2 Å². The molecule has 3 aromatic rings. The molecule has 178 valence electrons. The van der Waals surface area contributed by atoms with Gasteiger partial charge in [0.1, 0.15) is 6.61 Å². The Morgan fingerprint density at radius 1 is 1.00 bits per heavy atom. The predicted octanol–water partition coefficient (Wildman–Crippen LogP) is 6.44. The van der Waals surface area contributed by atoms with Crippen LogP contribution in [0.5, 0.6) is 5.88 Å². The average molecular weight is 467 g/mol. The molecule has 3 aliphatic rings. The number of aromatic nitrogens is 1. The van der Waals surface area contributed by atoms with Crippen LogP contribution in [0.25, 0.3) is 16.7 Å². The van der Waals surface area contributed by atoms with Gasteiger partial charge in [-0.1, -0.05) is 54.6 Å². The first-order valence-electron chi connectivity index (χ1n) is 12.7. The van der Waals surface area contributed by atoms with Gasteiger partial charge in [0.25, 0.3) is 0 Å². The number of carbonyl (C=O) groups excluding carboxylic acids is 1. The van der Waals surface area contributed by atoms with Gasteiger partial charge in [-0.2, -0.15) is 0 Å². The predicted molar refractivity (Wildman–Crippen MR) is 136 cm³/mol. The Hall–Kier alpha value is -3.60. The maximum atomic E-state index is 13.4. The molecule has 2 unspecified atom stereocenters. The normalized spacial score (nSPS) is 20.6. The average Bonchev–Trinajstić information content (AvgIpc) is 3.21. The highest BCUT2D eigenvalue weighted by Crippen LogP contribution is 2.45. The first-order valence-corrected chi connectivity index (χ1v) is 12.7. The van der Waals surface area contributed by atoms with Crippen molar-refractivity contribution in [3.05, 3.63) is 89.6 Å². The number of ether oxygens (including phenoxy) is 2. The summed E-state index contributed by atoms with van der Waals surface area (Å²) in [5.74, 6) is 0.727. The number of benzene rings is 2. The van der Waals surface area contributed by atoms with E-state index in [2.05, 4.69) is 65.7 Å². The van der Waals surface area contributed by atoms with E-state index in [0.29, 0.717) is 19.1 Å². The van der Waals surface area contributed by atoms with Crippen LogP contribution in [0.2, 0.25) is 0 Å². The van der Waals surface area contributed by atoms with Crippen molar-refractivity contribution < 1.29 is 14.3 Å². The van der Waals surface area contributed by atoms with Crippen molar-refractivity contribution in [2.75, 3.05) is 13.2 Å². The van der Waals surface area contributed by atoms with Gasteiger partial charge in [0.15, 0.2) is 0 Å². The molecule has 2 aromatic carbocycles. The fourth-order valence-corrected chi connectivity index (χ4v) is 6.00. The van der Waals surface area contributed by atoms with E-state index >= 15 is 0 Å². The molecule has 6 rings (SSSR count). The first kappa shape index (κ1) is 21.9. The van der Waals surface area contributed by atoms with Gasteiger partial charge in [0, 0.05) is 24.2 Å². The molecule has 0 radical (unpaired) electrons. The van der Waals surface area contributed by atoms with E-state index in [1.165, 1.54) is 27.8 Å². The molecule has 1 aromatic heterocycles. The van der Waals surface area contributed by atoms with Crippen LogP contribution in [-0.4, -0.2) is 41.3 Å². The summed E-state index contributed by atoms with van der Waals surface area (Å²) in [6.45, 7) is 2.93. The zero-order valence-electron chi connectivity index (χ0n) is 20.0. The number of pyridine rings is 1. The lowest BCUT2D eigenvalue weighted by Crippen LogP contribution is -2.51. The third-order valence-electron chi connectivity index (χ3n) is 7.58. The zero-order valence-corrected chi connectivity index (χ0v) is 20.0. The molecule has 1 aliphatic carbocycles. The van der Waals surface area contributed by atoms with Gasteiger partial charge >= 0.3 is 6.09 Å². The second kappa shape index (κ2) is 9.21. The quantitative estimate of drug-likeness (QED) is 0.434. The van der Waals surface area contributed by atoms with Crippen LogP contribution in [0.1, 0.15) is 55.2 Å². The maximum absolute atomic E-state index is 13.4.